The van der Waals surface area contributed by atoms with Crippen molar-refractivity contribution in [1.82, 2.24) is 35.5 Å². The maximum Gasteiger partial charge on any atom is 0.230 e. The first-order valence-electron chi connectivity index (χ1n) is 6.70. The Balaban J connectivity index is 1.48. The van der Waals surface area contributed by atoms with Crippen molar-refractivity contribution in [2.45, 2.75) is 18.6 Å². The number of aryl methyl sites for hydroxylation is 1. The minimum atomic E-state index is -0.0912. The van der Waals surface area contributed by atoms with Crippen LogP contribution < -0.4 is 5.32 Å². The van der Waals surface area contributed by atoms with Crippen molar-refractivity contribution < 1.29 is 4.79 Å². The predicted octanol–water partition coefficient (Wildman–Crippen LogP) is 1.44. The average molecular weight is 347 g/mol. The average Bonchev–Trinajstić information content (AvgIpc) is 3.21. The van der Waals surface area contributed by atoms with Crippen LogP contribution in [0, 0.1) is 6.92 Å². The second-order valence-electron chi connectivity index (χ2n) is 4.50. The van der Waals surface area contributed by atoms with Gasteiger partial charge in [0, 0.05) is 17.8 Å². The lowest BCUT2D eigenvalue weighted by atomic mass is 10.4. The Labute approximate surface area is 140 Å². The van der Waals surface area contributed by atoms with Gasteiger partial charge in [-0.05, 0) is 6.92 Å². The zero-order valence-corrected chi connectivity index (χ0v) is 13.8. The van der Waals surface area contributed by atoms with Crippen LogP contribution in [0.25, 0.3) is 10.7 Å². The molecule has 3 heterocycles. The molecule has 0 unspecified atom stereocenters. The molecule has 0 fully saturated rings. The van der Waals surface area contributed by atoms with E-state index in [1.807, 2.05) is 12.3 Å². The number of thioether (sulfide) groups is 1. The van der Waals surface area contributed by atoms with E-state index < -0.39 is 0 Å². The van der Waals surface area contributed by atoms with Crippen molar-refractivity contribution in [3.05, 3.63) is 35.5 Å². The number of rotatable bonds is 6. The highest BCUT2D eigenvalue weighted by molar-refractivity contribution is 7.99. The molecule has 23 heavy (non-hydrogen) atoms. The number of thiazole rings is 1. The molecule has 3 rings (SSSR count). The van der Waals surface area contributed by atoms with Crippen molar-refractivity contribution in [3.8, 4) is 10.7 Å². The molecule has 0 saturated heterocycles. The number of H-pyrrole nitrogens is 1. The van der Waals surface area contributed by atoms with E-state index in [9.17, 15) is 4.79 Å². The molecule has 0 aromatic carbocycles. The summed E-state index contributed by atoms with van der Waals surface area (Å²) in [5, 5.41) is 12.8. The fourth-order valence-electron chi connectivity index (χ4n) is 1.67. The van der Waals surface area contributed by atoms with Gasteiger partial charge in [-0.25, -0.2) is 9.97 Å². The Morgan fingerprint density at radius 3 is 3.04 bits per heavy atom. The van der Waals surface area contributed by atoms with Crippen molar-refractivity contribution in [2.24, 2.45) is 0 Å². The van der Waals surface area contributed by atoms with E-state index in [4.69, 9.17) is 0 Å². The third-order valence-corrected chi connectivity index (χ3v) is 4.47. The second kappa shape index (κ2) is 7.29. The molecule has 3 aromatic heterocycles. The number of hydrogen-bond acceptors (Lipinski definition) is 8. The summed E-state index contributed by atoms with van der Waals surface area (Å²) < 4.78 is 0. The molecule has 2 N–H and O–H groups in total. The number of carbonyl (C=O) groups is 1. The van der Waals surface area contributed by atoms with Gasteiger partial charge in [0.25, 0.3) is 0 Å². The summed E-state index contributed by atoms with van der Waals surface area (Å²) in [4.78, 5) is 28.6. The minimum absolute atomic E-state index is 0.0912. The number of amides is 1. The van der Waals surface area contributed by atoms with Crippen LogP contribution in [-0.2, 0) is 11.3 Å². The van der Waals surface area contributed by atoms with E-state index >= 15 is 0 Å². The normalized spacial score (nSPS) is 10.7. The largest absolute Gasteiger partial charge is 0.350 e. The second-order valence-corrected chi connectivity index (χ2v) is 6.30. The highest BCUT2D eigenvalue weighted by Gasteiger charge is 2.09. The number of aromatic amines is 1. The maximum atomic E-state index is 11.8. The molecule has 0 spiro atoms. The van der Waals surface area contributed by atoms with Gasteiger partial charge in [0.15, 0.2) is 0 Å². The predicted molar refractivity (Wildman–Crippen MR) is 86.8 cm³/mol. The van der Waals surface area contributed by atoms with Gasteiger partial charge in [-0.2, -0.15) is 0 Å². The van der Waals surface area contributed by atoms with E-state index in [0.717, 1.165) is 22.2 Å². The Morgan fingerprint density at radius 2 is 2.30 bits per heavy atom. The molecule has 1 amide bonds. The van der Waals surface area contributed by atoms with Crippen LogP contribution in [-0.4, -0.2) is 41.8 Å². The summed E-state index contributed by atoms with van der Waals surface area (Å²) in [6.45, 7) is 2.19. The molecule has 0 aliphatic rings. The quantitative estimate of drug-likeness (QED) is 0.649. The van der Waals surface area contributed by atoms with Crippen LogP contribution in [0.3, 0.4) is 0 Å². The topological polar surface area (TPSA) is 109 Å². The van der Waals surface area contributed by atoms with Gasteiger partial charge in [-0.15, -0.1) is 16.4 Å². The summed E-state index contributed by atoms with van der Waals surface area (Å²) in [5.74, 6) is 0.900. The van der Waals surface area contributed by atoms with Crippen molar-refractivity contribution >= 4 is 29.0 Å². The molecule has 0 radical (unpaired) electrons. The Hall–Kier alpha value is -2.33. The highest BCUT2D eigenvalue weighted by Crippen LogP contribution is 2.20. The molecule has 0 aliphatic heterocycles. The van der Waals surface area contributed by atoms with Crippen LogP contribution in [0.4, 0.5) is 0 Å². The maximum absolute atomic E-state index is 11.8. The lowest BCUT2D eigenvalue weighted by Crippen LogP contribution is -2.24. The zero-order chi connectivity index (χ0) is 16.1. The van der Waals surface area contributed by atoms with Crippen LogP contribution in [0.2, 0.25) is 0 Å². The molecule has 0 atom stereocenters. The van der Waals surface area contributed by atoms with E-state index in [-0.39, 0.29) is 11.7 Å². The number of carbonyl (C=O) groups excluding carboxylic acids is 1. The zero-order valence-electron chi connectivity index (χ0n) is 12.2. The summed E-state index contributed by atoms with van der Waals surface area (Å²) in [5.41, 5.74) is 1.52. The van der Waals surface area contributed by atoms with E-state index in [2.05, 4.69) is 35.5 Å². The third kappa shape index (κ3) is 4.33. The molecule has 10 heteroatoms. The summed E-state index contributed by atoms with van der Waals surface area (Å²) >= 11 is 2.76. The van der Waals surface area contributed by atoms with Crippen LogP contribution in [0.15, 0.2) is 29.1 Å². The number of aromatic nitrogens is 6. The monoisotopic (exact) mass is 347 g/mol. The van der Waals surface area contributed by atoms with Crippen molar-refractivity contribution in [2.75, 3.05) is 5.75 Å². The molecule has 8 nitrogen and oxygen atoms in total. The molecule has 0 bridgehead atoms. The summed E-state index contributed by atoms with van der Waals surface area (Å²) in [7, 11) is 0. The fraction of sp³-hybridized carbons (Fsp3) is 0.231. The molecule has 0 aliphatic carbocycles. The standard InChI is InChI=1S/C13H13N7OS2/c1-8-17-13(20-19-8)23-7-11(21)16-4-9-6-22-12(18-9)10-5-14-2-3-15-10/h2-3,5-6H,4,7H2,1H3,(H,16,21)(H,17,19,20). The van der Waals surface area contributed by atoms with Crippen LogP contribution >= 0.6 is 23.1 Å². The van der Waals surface area contributed by atoms with Crippen LogP contribution in [0.5, 0.6) is 0 Å². The van der Waals surface area contributed by atoms with E-state index in [1.54, 1.807) is 18.6 Å². The van der Waals surface area contributed by atoms with Crippen molar-refractivity contribution in [1.29, 1.82) is 0 Å². The lowest BCUT2D eigenvalue weighted by Gasteiger charge is -2.01. The molecule has 3 aromatic rings. The first kappa shape index (κ1) is 15.6. The number of nitrogens with zero attached hydrogens (tertiary/aromatic N) is 5. The number of hydrogen-bond donors (Lipinski definition) is 2. The SMILES string of the molecule is Cc1nc(SCC(=O)NCc2csc(-c3cnccn3)n2)n[nH]1. The van der Waals surface area contributed by atoms with Gasteiger partial charge in [-0.1, -0.05) is 11.8 Å². The summed E-state index contributed by atoms with van der Waals surface area (Å²) in [6.07, 6.45) is 4.91. The first-order chi connectivity index (χ1) is 11.2. The molecule has 118 valence electrons. The van der Waals surface area contributed by atoms with Crippen molar-refractivity contribution in [3.63, 3.8) is 0 Å². The van der Waals surface area contributed by atoms with Crippen LogP contribution in [0.1, 0.15) is 11.5 Å². The van der Waals surface area contributed by atoms with Gasteiger partial charge in [0.05, 0.1) is 24.2 Å². The molecular weight excluding hydrogens is 334 g/mol. The van der Waals surface area contributed by atoms with Gasteiger partial charge < -0.3 is 5.32 Å². The molecule has 0 saturated carbocycles. The highest BCUT2D eigenvalue weighted by atomic mass is 32.2. The fourth-order valence-corrected chi connectivity index (χ4v) is 3.13. The Bertz CT molecular complexity index is 786. The van der Waals surface area contributed by atoms with Gasteiger partial charge in [0.1, 0.15) is 16.5 Å². The van der Waals surface area contributed by atoms with Gasteiger partial charge >= 0.3 is 0 Å². The first-order valence-corrected chi connectivity index (χ1v) is 8.56. The van der Waals surface area contributed by atoms with Gasteiger partial charge in [-0.3, -0.25) is 19.9 Å². The minimum Gasteiger partial charge on any atom is -0.350 e. The third-order valence-electron chi connectivity index (χ3n) is 2.71. The van der Waals surface area contributed by atoms with E-state index in [1.165, 1.54) is 23.1 Å². The molecular formula is C13H13N7OS2. The summed E-state index contributed by atoms with van der Waals surface area (Å²) in [6, 6.07) is 0. The smallest absolute Gasteiger partial charge is 0.230 e. The Morgan fingerprint density at radius 1 is 1.39 bits per heavy atom. The Kier molecular flexibility index (Phi) is 4.93. The van der Waals surface area contributed by atoms with Gasteiger partial charge in [0.2, 0.25) is 11.1 Å². The van der Waals surface area contributed by atoms with E-state index in [0.29, 0.717) is 11.7 Å². The number of nitrogens with one attached hydrogen (secondary N) is 2. The lowest BCUT2D eigenvalue weighted by molar-refractivity contribution is -0.118.